The summed E-state index contributed by atoms with van der Waals surface area (Å²) in [6.07, 6.45) is 4.93. The number of hydrogen-bond donors (Lipinski definition) is 0. The Kier molecular flexibility index (Phi) is 8.83. The summed E-state index contributed by atoms with van der Waals surface area (Å²) < 4.78 is 0. The second-order valence-corrected chi connectivity index (χ2v) is 12.1. The summed E-state index contributed by atoms with van der Waals surface area (Å²) in [4.78, 5) is 34.4. The molecule has 2 unspecified atom stereocenters. The summed E-state index contributed by atoms with van der Waals surface area (Å²) in [6.45, 7) is 9.85. The quantitative estimate of drug-likeness (QED) is 0.344. The van der Waals surface area contributed by atoms with E-state index in [1.54, 1.807) is 0 Å². The van der Waals surface area contributed by atoms with Crippen LogP contribution in [0.2, 0.25) is 0 Å². The molecule has 1 aromatic heterocycles. The lowest BCUT2D eigenvalue weighted by Crippen LogP contribution is -2.55. The molecule has 2 aromatic carbocycles. The summed E-state index contributed by atoms with van der Waals surface area (Å²) in [6, 6.07) is 19.4. The molecular weight excluding hydrogens is 502 g/mol. The van der Waals surface area contributed by atoms with Crippen LogP contribution >= 0.6 is 11.3 Å². The molecule has 3 heterocycles. The summed E-state index contributed by atoms with van der Waals surface area (Å²) >= 11 is 1.85. The number of piperazine rings is 1. The third kappa shape index (κ3) is 6.28. The van der Waals surface area contributed by atoms with Crippen molar-refractivity contribution < 1.29 is 9.59 Å². The molecule has 6 heteroatoms. The standard InChI is InChI=1S/C33H41N3O2S/c1-4-5-6-26-9-13-28(14-10-26)33(38)36-21-20-35(23-25(36)3)31(37)16-19-34-18-15-30-29(17-22-39-30)32(34)27-11-7-24(2)8-12-27/h7-14,17,22,25,32H,4-6,15-16,18-21,23H2,1-3H3. The fourth-order valence-corrected chi connectivity index (χ4v) is 6.90. The average molecular weight is 544 g/mol. The second-order valence-electron chi connectivity index (χ2n) is 11.1. The number of nitrogens with zero attached hydrogens (tertiary/aromatic N) is 3. The van der Waals surface area contributed by atoms with E-state index in [4.69, 9.17) is 0 Å². The first-order chi connectivity index (χ1) is 18.9. The predicted octanol–water partition coefficient (Wildman–Crippen LogP) is 6.11. The first kappa shape index (κ1) is 27.6. The minimum absolute atomic E-state index is 0.00127. The van der Waals surface area contributed by atoms with Crippen molar-refractivity contribution in [1.29, 1.82) is 0 Å². The van der Waals surface area contributed by atoms with Crippen LogP contribution in [0.5, 0.6) is 0 Å². The molecule has 39 heavy (non-hydrogen) atoms. The molecule has 2 amide bonds. The van der Waals surface area contributed by atoms with E-state index in [9.17, 15) is 9.59 Å². The molecule has 2 aliphatic heterocycles. The lowest BCUT2D eigenvalue weighted by molar-refractivity contribution is -0.134. The van der Waals surface area contributed by atoms with Crippen LogP contribution in [0.3, 0.4) is 0 Å². The smallest absolute Gasteiger partial charge is 0.254 e. The highest BCUT2D eigenvalue weighted by molar-refractivity contribution is 7.10. The maximum atomic E-state index is 13.3. The second kappa shape index (κ2) is 12.5. The number of aryl methyl sites for hydroxylation is 2. The van der Waals surface area contributed by atoms with Crippen LogP contribution in [0.4, 0.5) is 0 Å². The molecule has 0 saturated carbocycles. The van der Waals surface area contributed by atoms with E-state index in [0.29, 0.717) is 26.1 Å². The zero-order valence-corrected chi connectivity index (χ0v) is 24.4. The lowest BCUT2D eigenvalue weighted by Gasteiger charge is -2.41. The van der Waals surface area contributed by atoms with Crippen LogP contribution in [0.1, 0.15) is 76.6 Å². The number of fused-ring (bicyclic) bond motifs is 1. The van der Waals surface area contributed by atoms with Crippen LogP contribution < -0.4 is 0 Å². The van der Waals surface area contributed by atoms with Crippen molar-refractivity contribution in [3.63, 3.8) is 0 Å². The monoisotopic (exact) mass is 543 g/mol. The van der Waals surface area contributed by atoms with E-state index in [1.807, 2.05) is 33.3 Å². The van der Waals surface area contributed by atoms with Gasteiger partial charge in [0, 0.05) is 55.6 Å². The maximum absolute atomic E-state index is 13.3. The van der Waals surface area contributed by atoms with Crippen LogP contribution in [-0.2, 0) is 17.6 Å². The van der Waals surface area contributed by atoms with Gasteiger partial charge in [-0.05, 0) is 73.4 Å². The van der Waals surface area contributed by atoms with Gasteiger partial charge in [-0.3, -0.25) is 14.5 Å². The number of unbranched alkanes of at least 4 members (excludes halogenated alkanes) is 1. The van der Waals surface area contributed by atoms with Gasteiger partial charge in [0.1, 0.15) is 0 Å². The van der Waals surface area contributed by atoms with E-state index in [0.717, 1.165) is 31.5 Å². The van der Waals surface area contributed by atoms with Crippen molar-refractivity contribution in [3.05, 3.63) is 92.7 Å². The lowest BCUT2D eigenvalue weighted by atomic mass is 9.92. The molecule has 0 N–H and O–H groups in total. The van der Waals surface area contributed by atoms with Gasteiger partial charge in [0.05, 0.1) is 6.04 Å². The van der Waals surface area contributed by atoms with Crippen molar-refractivity contribution in [2.45, 2.75) is 65.0 Å². The van der Waals surface area contributed by atoms with Crippen molar-refractivity contribution in [2.24, 2.45) is 0 Å². The molecule has 2 aliphatic rings. The van der Waals surface area contributed by atoms with Gasteiger partial charge in [0.2, 0.25) is 5.91 Å². The van der Waals surface area contributed by atoms with Gasteiger partial charge in [-0.1, -0.05) is 55.3 Å². The molecule has 0 bridgehead atoms. The Morgan fingerprint density at radius 3 is 2.46 bits per heavy atom. The summed E-state index contributed by atoms with van der Waals surface area (Å²) in [7, 11) is 0. The molecule has 2 atom stereocenters. The summed E-state index contributed by atoms with van der Waals surface area (Å²) in [5.74, 6) is 0.255. The van der Waals surface area contributed by atoms with E-state index < -0.39 is 0 Å². The van der Waals surface area contributed by atoms with E-state index in [1.165, 1.54) is 40.0 Å². The highest BCUT2D eigenvalue weighted by Gasteiger charge is 2.33. The largest absolute Gasteiger partial charge is 0.339 e. The molecule has 0 spiro atoms. The third-order valence-electron chi connectivity index (χ3n) is 8.33. The minimum Gasteiger partial charge on any atom is -0.339 e. The molecule has 5 rings (SSSR count). The van der Waals surface area contributed by atoms with Crippen LogP contribution in [-0.4, -0.2) is 65.3 Å². The molecule has 206 valence electrons. The van der Waals surface area contributed by atoms with Crippen molar-refractivity contribution in [1.82, 2.24) is 14.7 Å². The van der Waals surface area contributed by atoms with E-state index in [-0.39, 0.29) is 23.9 Å². The Balaban J connectivity index is 1.18. The number of carbonyl (C=O) groups is 2. The zero-order valence-electron chi connectivity index (χ0n) is 23.6. The first-order valence-electron chi connectivity index (χ1n) is 14.5. The van der Waals surface area contributed by atoms with Gasteiger partial charge in [0.25, 0.3) is 5.91 Å². The molecule has 5 nitrogen and oxygen atoms in total. The van der Waals surface area contributed by atoms with Gasteiger partial charge in [-0.25, -0.2) is 0 Å². The third-order valence-corrected chi connectivity index (χ3v) is 9.33. The fraction of sp³-hybridized carbons (Fsp3) is 0.455. The van der Waals surface area contributed by atoms with Crippen LogP contribution in [0, 0.1) is 6.92 Å². The van der Waals surface area contributed by atoms with Gasteiger partial charge >= 0.3 is 0 Å². The summed E-state index contributed by atoms with van der Waals surface area (Å²) in [5, 5.41) is 2.20. The fourth-order valence-electron chi connectivity index (χ4n) is 5.99. The van der Waals surface area contributed by atoms with E-state index >= 15 is 0 Å². The molecule has 0 radical (unpaired) electrons. The van der Waals surface area contributed by atoms with Crippen LogP contribution in [0.15, 0.2) is 60.0 Å². The number of rotatable bonds is 8. The van der Waals surface area contributed by atoms with Crippen molar-refractivity contribution in [2.75, 3.05) is 32.7 Å². The number of benzene rings is 2. The molecule has 1 saturated heterocycles. The molecule has 1 fully saturated rings. The Morgan fingerprint density at radius 1 is 0.974 bits per heavy atom. The maximum Gasteiger partial charge on any atom is 0.254 e. The molecule has 3 aromatic rings. The first-order valence-corrected chi connectivity index (χ1v) is 15.4. The number of carbonyl (C=O) groups excluding carboxylic acids is 2. The highest BCUT2D eigenvalue weighted by Crippen LogP contribution is 2.38. The van der Waals surface area contributed by atoms with Gasteiger partial charge in [-0.2, -0.15) is 0 Å². The number of amides is 2. The van der Waals surface area contributed by atoms with E-state index in [2.05, 4.69) is 73.5 Å². The van der Waals surface area contributed by atoms with Gasteiger partial charge in [0.15, 0.2) is 0 Å². The normalized spacial score (nSPS) is 19.7. The van der Waals surface area contributed by atoms with Crippen molar-refractivity contribution >= 4 is 23.2 Å². The summed E-state index contributed by atoms with van der Waals surface area (Å²) in [5.41, 5.74) is 5.97. The van der Waals surface area contributed by atoms with Gasteiger partial charge in [-0.15, -0.1) is 11.3 Å². The zero-order chi connectivity index (χ0) is 27.4. The Morgan fingerprint density at radius 2 is 1.74 bits per heavy atom. The SMILES string of the molecule is CCCCc1ccc(C(=O)N2CCN(C(=O)CCN3CCc4sccc4C3c3ccc(C)cc3)CC2C)cc1. The topological polar surface area (TPSA) is 43.9 Å². The highest BCUT2D eigenvalue weighted by atomic mass is 32.1. The molecular formula is C33H41N3O2S. The number of thiophene rings is 1. The average Bonchev–Trinajstić information content (AvgIpc) is 3.44. The Bertz CT molecular complexity index is 1270. The van der Waals surface area contributed by atoms with Gasteiger partial charge < -0.3 is 9.80 Å². The van der Waals surface area contributed by atoms with Crippen LogP contribution in [0.25, 0.3) is 0 Å². The molecule has 0 aliphatic carbocycles. The number of hydrogen-bond acceptors (Lipinski definition) is 4. The minimum atomic E-state index is -0.00127. The predicted molar refractivity (Wildman–Crippen MR) is 159 cm³/mol. The van der Waals surface area contributed by atoms with Crippen molar-refractivity contribution in [3.8, 4) is 0 Å². The Hall–Kier alpha value is -2.96. The Labute approximate surface area is 237 Å².